The molecular weight excluding hydrogens is 342 g/mol. The van der Waals surface area contributed by atoms with Gasteiger partial charge in [0.15, 0.2) is 6.29 Å². The number of rotatable bonds is 11. The van der Waals surface area contributed by atoms with Crippen LogP contribution in [0.2, 0.25) is 5.02 Å². The van der Waals surface area contributed by atoms with Crippen LogP contribution in [0.15, 0.2) is 12.1 Å². The zero-order valence-corrected chi connectivity index (χ0v) is 14.2. The van der Waals surface area contributed by atoms with Gasteiger partial charge < -0.3 is 30.3 Å². The van der Waals surface area contributed by atoms with Crippen LogP contribution in [0.5, 0.6) is 0 Å². The van der Waals surface area contributed by atoms with E-state index in [1.807, 2.05) is 0 Å². The first-order chi connectivity index (χ1) is 11.3. The van der Waals surface area contributed by atoms with E-state index in [0.717, 1.165) is 0 Å². The lowest BCUT2D eigenvalue weighted by molar-refractivity contribution is -0.383. The fraction of sp³-hybridized carbons (Fsp3) is 0.571. The largest absolute Gasteiger partial charge is 0.394 e. The van der Waals surface area contributed by atoms with Crippen molar-refractivity contribution in [1.29, 1.82) is 0 Å². The molecule has 0 saturated carbocycles. The number of aliphatic hydroxyl groups excluding tert-OH is 2. The summed E-state index contributed by atoms with van der Waals surface area (Å²) >= 11 is 6.02. The molecule has 0 bridgehead atoms. The lowest BCUT2D eigenvalue weighted by atomic mass is 10.2. The summed E-state index contributed by atoms with van der Waals surface area (Å²) in [4.78, 5) is 10.9. The normalized spacial score (nSPS) is 13.4. The van der Waals surface area contributed by atoms with Gasteiger partial charge in [0.25, 0.3) is 0 Å². The zero-order chi connectivity index (χ0) is 18.1. The summed E-state index contributed by atoms with van der Waals surface area (Å²) in [6.07, 6.45) is -1.47. The van der Waals surface area contributed by atoms with Crippen LogP contribution < -0.4 is 10.6 Å². The van der Waals surface area contributed by atoms with Gasteiger partial charge in [0, 0.05) is 11.6 Å². The fourth-order valence-electron chi connectivity index (χ4n) is 1.95. The molecule has 10 heteroatoms. The number of hydrogen-bond acceptors (Lipinski definition) is 8. The van der Waals surface area contributed by atoms with Crippen molar-refractivity contribution in [3.8, 4) is 0 Å². The second-order valence-corrected chi connectivity index (χ2v) is 5.32. The number of nitrogens with one attached hydrogen (secondary N) is 2. The van der Waals surface area contributed by atoms with E-state index in [-0.39, 0.29) is 43.4 Å². The molecule has 0 aliphatic carbocycles. The number of ether oxygens (including phenoxy) is 2. The van der Waals surface area contributed by atoms with Gasteiger partial charge in [-0.1, -0.05) is 11.6 Å². The van der Waals surface area contributed by atoms with E-state index in [4.69, 9.17) is 31.3 Å². The molecule has 4 N–H and O–H groups in total. The lowest BCUT2D eigenvalue weighted by Crippen LogP contribution is -2.22. The van der Waals surface area contributed by atoms with Gasteiger partial charge in [-0.2, -0.15) is 0 Å². The summed E-state index contributed by atoms with van der Waals surface area (Å²) in [5.41, 5.74) is 0.228. The van der Waals surface area contributed by atoms with Gasteiger partial charge in [-0.05, 0) is 26.0 Å². The third-order valence-electron chi connectivity index (χ3n) is 2.85. The van der Waals surface area contributed by atoms with Crippen molar-refractivity contribution in [1.82, 2.24) is 0 Å². The molecule has 1 aromatic rings. The van der Waals surface area contributed by atoms with E-state index in [0.29, 0.717) is 5.02 Å². The van der Waals surface area contributed by atoms with E-state index < -0.39 is 17.4 Å². The molecule has 1 aromatic carbocycles. The van der Waals surface area contributed by atoms with Gasteiger partial charge in [0.1, 0.15) is 17.6 Å². The molecule has 0 amide bonds. The van der Waals surface area contributed by atoms with Crippen molar-refractivity contribution in [3.63, 3.8) is 0 Å². The minimum Gasteiger partial charge on any atom is -0.394 e. The monoisotopic (exact) mass is 363 g/mol. The Bertz CT molecular complexity index is 543. The van der Waals surface area contributed by atoms with Crippen LogP contribution in [0.25, 0.3) is 0 Å². The maximum Gasteiger partial charge on any atom is 0.315 e. The number of nitro benzene ring substituents is 1. The summed E-state index contributed by atoms with van der Waals surface area (Å²) in [5.74, 6) is 0. The van der Waals surface area contributed by atoms with Crippen LogP contribution in [0.1, 0.15) is 13.8 Å². The van der Waals surface area contributed by atoms with E-state index in [1.165, 1.54) is 19.1 Å². The van der Waals surface area contributed by atoms with Gasteiger partial charge >= 0.3 is 5.69 Å². The molecule has 0 spiro atoms. The van der Waals surface area contributed by atoms with Crippen molar-refractivity contribution < 1.29 is 24.6 Å². The Labute approximate surface area is 144 Å². The zero-order valence-electron chi connectivity index (χ0n) is 13.5. The minimum absolute atomic E-state index is 0.102. The molecule has 9 nitrogen and oxygen atoms in total. The van der Waals surface area contributed by atoms with Crippen molar-refractivity contribution in [2.24, 2.45) is 0 Å². The number of aliphatic hydroxyl groups is 2. The molecule has 2 atom stereocenters. The highest BCUT2D eigenvalue weighted by Crippen LogP contribution is 2.36. The van der Waals surface area contributed by atoms with Gasteiger partial charge in [-0.3, -0.25) is 10.1 Å². The second kappa shape index (κ2) is 10.3. The third kappa shape index (κ3) is 6.85. The first-order valence-corrected chi connectivity index (χ1v) is 7.73. The molecule has 1 rings (SSSR count). The topological polar surface area (TPSA) is 126 Å². The predicted octanol–water partition coefficient (Wildman–Crippen LogP) is 1.78. The molecule has 0 heterocycles. The number of nitrogens with zero attached hydrogens (tertiary/aromatic N) is 1. The molecule has 0 aromatic heterocycles. The third-order valence-corrected chi connectivity index (χ3v) is 3.07. The van der Waals surface area contributed by atoms with E-state index in [9.17, 15) is 10.1 Å². The van der Waals surface area contributed by atoms with Crippen LogP contribution in [-0.4, -0.2) is 54.0 Å². The Morgan fingerprint density at radius 3 is 2.54 bits per heavy atom. The van der Waals surface area contributed by atoms with Crippen molar-refractivity contribution in [2.45, 2.75) is 26.4 Å². The van der Waals surface area contributed by atoms with Crippen molar-refractivity contribution in [2.75, 3.05) is 37.0 Å². The standard InChI is InChI=1S/C14H22ClN3O6/c1-9(23-6-4-19)17-13-8-11(15)7-12(14(13)18(21)22)16-3-5-24-10(2)20/h7-10,16-17,19-20H,3-6H2,1-2H3. The van der Waals surface area contributed by atoms with E-state index in [2.05, 4.69) is 10.6 Å². The predicted molar refractivity (Wildman–Crippen MR) is 90.4 cm³/mol. The summed E-state index contributed by atoms with van der Waals surface area (Å²) in [5, 5.41) is 35.2. The van der Waals surface area contributed by atoms with Gasteiger partial charge in [0.05, 0.1) is 24.7 Å². The Balaban J connectivity index is 2.91. The van der Waals surface area contributed by atoms with Crippen molar-refractivity contribution >= 4 is 28.7 Å². The molecule has 136 valence electrons. The average molecular weight is 364 g/mol. The number of hydrogen-bond donors (Lipinski definition) is 4. The highest BCUT2D eigenvalue weighted by Gasteiger charge is 2.22. The van der Waals surface area contributed by atoms with E-state index in [1.54, 1.807) is 6.92 Å². The SMILES string of the molecule is CC(O)OCCNc1cc(Cl)cc(NC(C)OCCO)c1[N+](=O)[O-]. The minimum atomic E-state index is -0.914. The first kappa shape index (κ1) is 20.4. The van der Waals surface area contributed by atoms with Gasteiger partial charge in [-0.25, -0.2) is 0 Å². The van der Waals surface area contributed by atoms with Crippen LogP contribution in [0.4, 0.5) is 17.1 Å². The molecule has 0 saturated heterocycles. The molecule has 0 aliphatic heterocycles. The second-order valence-electron chi connectivity index (χ2n) is 4.88. The highest BCUT2D eigenvalue weighted by atomic mass is 35.5. The Morgan fingerprint density at radius 2 is 1.96 bits per heavy atom. The van der Waals surface area contributed by atoms with Crippen LogP contribution in [0.3, 0.4) is 0 Å². The average Bonchev–Trinajstić information content (AvgIpc) is 2.48. The summed E-state index contributed by atoms with van der Waals surface area (Å²) in [6.45, 7) is 3.49. The summed E-state index contributed by atoms with van der Waals surface area (Å²) in [7, 11) is 0. The molecule has 24 heavy (non-hydrogen) atoms. The summed E-state index contributed by atoms with van der Waals surface area (Å²) < 4.78 is 10.2. The number of benzene rings is 1. The van der Waals surface area contributed by atoms with Crippen LogP contribution in [-0.2, 0) is 9.47 Å². The number of halogens is 1. The molecular formula is C14H22ClN3O6. The Morgan fingerprint density at radius 1 is 1.29 bits per heavy atom. The maximum absolute atomic E-state index is 11.4. The molecule has 0 fully saturated rings. The highest BCUT2D eigenvalue weighted by molar-refractivity contribution is 6.31. The molecule has 2 unspecified atom stereocenters. The molecule has 0 radical (unpaired) electrons. The number of anilines is 2. The first-order valence-electron chi connectivity index (χ1n) is 7.35. The van der Waals surface area contributed by atoms with E-state index >= 15 is 0 Å². The maximum atomic E-state index is 11.4. The number of nitro groups is 1. The van der Waals surface area contributed by atoms with Crippen molar-refractivity contribution in [3.05, 3.63) is 27.3 Å². The van der Waals surface area contributed by atoms with Crippen LogP contribution >= 0.6 is 11.6 Å². The Hall–Kier alpha value is -1.65. The summed E-state index contributed by atoms with van der Waals surface area (Å²) in [6, 6.07) is 2.86. The quantitative estimate of drug-likeness (QED) is 0.203. The van der Waals surface area contributed by atoms with Gasteiger partial charge in [-0.15, -0.1) is 0 Å². The fourth-order valence-corrected chi connectivity index (χ4v) is 2.16. The smallest absolute Gasteiger partial charge is 0.315 e. The van der Waals surface area contributed by atoms with Gasteiger partial charge in [0.2, 0.25) is 0 Å². The molecule has 0 aliphatic rings. The van der Waals surface area contributed by atoms with Crippen LogP contribution in [0, 0.1) is 10.1 Å². The lowest BCUT2D eigenvalue weighted by Gasteiger charge is -2.17. The Kier molecular flexibility index (Phi) is 8.72.